The van der Waals surface area contributed by atoms with E-state index >= 15 is 0 Å². The molecule has 0 aliphatic carbocycles. The Morgan fingerprint density at radius 1 is 1.13 bits per heavy atom. The molecule has 0 saturated carbocycles. The van der Waals surface area contributed by atoms with Crippen LogP contribution in [0.1, 0.15) is 31.7 Å². The van der Waals surface area contributed by atoms with Gasteiger partial charge >= 0.3 is 0 Å². The third-order valence-corrected chi connectivity index (χ3v) is 5.07. The molecule has 2 amide bonds. The maximum Gasteiger partial charge on any atom is 0.283 e. The summed E-state index contributed by atoms with van der Waals surface area (Å²) in [5.41, 5.74) is 1.62. The third kappa shape index (κ3) is 2.74. The summed E-state index contributed by atoms with van der Waals surface area (Å²) in [5, 5.41) is 0.576. The zero-order valence-corrected chi connectivity index (χ0v) is 14.6. The van der Waals surface area contributed by atoms with E-state index in [1.807, 2.05) is 11.8 Å². The summed E-state index contributed by atoms with van der Waals surface area (Å²) in [7, 11) is 0. The number of piperidine rings is 1. The van der Waals surface area contributed by atoms with Crippen molar-refractivity contribution in [1.29, 1.82) is 0 Å². The Labute approximate surface area is 145 Å². The Morgan fingerprint density at radius 2 is 1.87 bits per heavy atom. The van der Waals surface area contributed by atoms with Gasteiger partial charge in [-0.2, -0.15) is 0 Å². The lowest BCUT2D eigenvalue weighted by atomic mass is 10.0. The van der Waals surface area contributed by atoms with Gasteiger partial charge in [0, 0.05) is 17.6 Å². The van der Waals surface area contributed by atoms with Gasteiger partial charge in [-0.1, -0.05) is 23.2 Å². The van der Waals surface area contributed by atoms with Crippen LogP contribution in [-0.4, -0.2) is 29.3 Å². The summed E-state index contributed by atoms with van der Waals surface area (Å²) in [4.78, 5) is 28.6. The summed E-state index contributed by atoms with van der Waals surface area (Å²) in [6, 6.07) is 5.28. The van der Waals surface area contributed by atoms with Crippen LogP contribution in [0.15, 0.2) is 28.9 Å². The molecule has 1 unspecified atom stereocenters. The number of halogens is 2. The maximum absolute atomic E-state index is 12.9. The molecule has 6 heteroatoms. The summed E-state index contributed by atoms with van der Waals surface area (Å²) in [5.74, 6) is -0.811. The number of carbonyl (C=O) groups excluding carboxylic acids is 2. The fourth-order valence-electron chi connectivity index (χ4n) is 3.26. The van der Waals surface area contributed by atoms with Gasteiger partial charge < -0.3 is 4.90 Å². The second-order valence-electron chi connectivity index (χ2n) is 6.08. The second kappa shape index (κ2) is 6.17. The van der Waals surface area contributed by atoms with E-state index in [4.69, 9.17) is 23.2 Å². The zero-order valence-electron chi connectivity index (χ0n) is 13.1. The van der Waals surface area contributed by atoms with Crippen molar-refractivity contribution in [1.82, 2.24) is 4.90 Å². The number of imide groups is 1. The molecule has 1 aromatic rings. The number of amides is 2. The highest BCUT2D eigenvalue weighted by molar-refractivity contribution is 6.52. The Morgan fingerprint density at radius 3 is 2.52 bits per heavy atom. The number of hydrogen-bond acceptors (Lipinski definition) is 3. The van der Waals surface area contributed by atoms with E-state index < -0.39 is 5.91 Å². The summed E-state index contributed by atoms with van der Waals surface area (Å²) in [6.45, 7) is 4.63. The molecule has 3 rings (SSSR count). The SMILES string of the molecule is Cc1cc(Cl)ccc1N1C(=O)C(Cl)=C(N2CCCCC2C)C1=O. The fraction of sp³-hybridized carbons (Fsp3) is 0.412. The van der Waals surface area contributed by atoms with Crippen molar-refractivity contribution in [2.75, 3.05) is 11.4 Å². The highest BCUT2D eigenvalue weighted by Crippen LogP contribution is 2.35. The molecule has 2 aliphatic heterocycles. The van der Waals surface area contributed by atoms with Gasteiger partial charge in [0.15, 0.2) is 0 Å². The van der Waals surface area contributed by atoms with Crippen molar-refractivity contribution >= 4 is 40.7 Å². The molecule has 4 nitrogen and oxygen atoms in total. The van der Waals surface area contributed by atoms with Gasteiger partial charge in [0.1, 0.15) is 10.7 Å². The first-order valence-electron chi connectivity index (χ1n) is 7.73. The minimum absolute atomic E-state index is 0.0121. The van der Waals surface area contributed by atoms with Crippen molar-refractivity contribution in [2.45, 2.75) is 39.2 Å². The number of carbonyl (C=O) groups is 2. The van der Waals surface area contributed by atoms with Gasteiger partial charge in [0.2, 0.25) is 0 Å². The molecule has 0 N–H and O–H groups in total. The fourth-order valence-corrected chi connectivity index (χ4v) is 3.76. The molecule has 0 radical (unpaired) electrons. The molecule has 2 heterocycles. The standard InChI is InChI=1S/C17H18Cl2N2O2/c1-10-9-12(18)6-7-13(10)21-16(22)14(19)15(17(21)23)20-8-4-3-5-11(20)2/h6-7,9,11H,3-5,8H2,1-2H3. The highest BCUT2D eigenvalue weighted by Gasteiger charge is 2.43. The lowest BCUT2D eigenvalue weighted by Gasteiger charge is -2.35. The van der Waals surface area contributed by atoms with Crippen molar-refractivity contribution in [2.24, 2.45) is 0 Å². The molecule has 2 aliphatic rings. The van der Waals surface area contributed by atoms with Gasteiger partial charge in [-0.15, -0.1) is 0 Å². The van der Waals surface area contributed by atoms with Crippen LogP contribution < -0.4 is 4.90 Å². The first-order chi connectivity index (χ1) is 10.9. The third-order valence-electron chi connectivity index (χ3n) is 4.49. The molecule has 0 bridgehead atoms. The van der Waals surface area contributed by atoms with Gasteiger partial charge in [0.25, 0.3) is 11.8 Å². The minimum Gasteiger partial charge on any atom is -0.363 e. The molecule has 23 heavy (non-hydrogen) atoms. The number of hydrogen-bond donors (Lipinski definition) is 0. The lowest BCUT2D eigenvalue weighted by molar-refractivity contribution is -0.121. The molecule has 0 spiro atoms. The number of rotatable bonds is 2. The van der Waals surface area contributed by atoms with Crippen LogP contribution in [-0.2, 0) is 9.59 Å². The van der Waals surface area contributed by atoms with E-state index in [1.54, 1.807) is 18.2 Å². The molecule has 1 aromatic carbocycles. The van der Waals surface area contributed by atoms with Gasteiger partial charge in [-0.3, -0.25) is 9.59 Å². The summed E-state index contributed by atoms with van der Waals surface area (Å²) < 4.78 is 0. The normalized spacial score (nSPS) is 22.3. The van der Waals surface area contributed by atoms with E-state index in [0.29, 0.717) is 16.4 Å². The van der Waals surface area contributed by atoms with Crippen LogP contribution in [0.5, 0.6) is 0 Å². The topological polar surface area (TPSA) is 40.6 Å². The number of likely N-dealkylation sites (tertiary alicyclic amines) is 1. The van der Waals surface area contributed by atoms with Crippen LogP contribution in [0.3, 0.4) is 0 Å². The van der Waals surface area contributed by atoms with Crippen LogP contribution in [0, 0.1) is 6.92 Å². The zero-order chi connectivity index (χ0) is 16.7. The second-order valence-corrected chi connectivity index (χ2v) is 6.89. The van der Waals surface area contributed by atoms with Crippen molar-refractivity contribution in [3.63, 3.8) is 0 Å². The van der Waals surface area contributed by atoms with Crippen LogP contribution in [0.4, 0.5) is 5.69 Å². The predicted molar refractivity (Wildman–Crippen MR) is 91.6 cm³/mol. The molecule has 1 saturated heterocycles. The van der Waals surface area contributed by atoms with Crippen molar-refractivity contribution < 1.29 is 9.59 Å². The Balaban J connectivity index is 1.98. The number of benzene rings is 1. The van der Waals surface area contributed by atoms with E-state index in [1.165, 1.54) is 0 Å². The van der Waals surface area contributed by atoms with E-state index in [2.05, 4.69) is 6.92 Å². The first kappa shape index (κ1) is 16.3. The quantitative estimate of drug-likeness (QED) is 0.759. The molecule has 1 fully saturated rings. The van der Waals surface area contributed by atoms with Crippen LogP contribution >= 0.6 is 23.2 Å². The van der Waals surface area contributed by atoms with Crippen molar-refractivity contribution in [3.05, 3.63) is 39.5 Å². The van der Waals surface area contributed by atoms with Crippen LogP contribution in [0.2, 0.25) is 5.02 Å². The molecular formula is C17H18Cl2N2O2. The Hall–Kier alpha value is -1.52. The van der Waals surface area contributed by atoms with E-state index in [9.17, 15) is 9.59 Å². The summed E-state index contributed by atoms with van der Waals surface area (Å²) >= 11 is 12.2. The maximum atomic E-state index is 12.9. The van der Waals surface area contributed by atoms with Gasteiger partial charge in [0.05, 0.1) is 5.69 Å². The molecule has 0 aromatic heterocycles. The highest BCUT2D eigenvalue weighted by atomic mass is 35.5. The number of anilines is 1. The van der Waals surface area contributed by atoms with Crippen LogP contribution in [0.25, 0.3) is 0 Å². The van der Waals surface area contributed by atoms with Crippen molar-refractivity contribution in [3.8, 4) is 0 Å². The van der Waals surface area contributed by atoms with E-state index in [-0.39, 0.29) is 17.0 Å². The van der Waals surface area contributed by atoms with Gasteiger partial charge in [-0.05, 0) is 56.9 Å². The average Bonchev–Trinajstić information content (AvgIpc) is 2.71. The Kier molecular flexibility index (Phi) is 4.39. The minimum atomic E-state index is -0.463. The van der Waals surface area contributed by atoms with E-state index in [0.717, 1.165) is 36.3 Å². The first-order valence-corrected chi connectivity index (χ1v) is 8.48. The summed E-state index contributed by atoms with van der Waals surface area (Å²) in [6.07, 6.45) is 3.12. The number of nitrogens with zero attached hydrogens (tertiary/aromatic N) is 2. The average molecular weight is 353 g/mol. The number of aryl methyl sites for hydroxylation is 1. The predicted octanol–water partition coefficient (Wildman–Crippen LogP) is 3.85. The largest absolute Gasteiger partial charge is 0.363 e. The molecule has 122 valence electrons. The molecule has 1 atom stereocenters. The van der Waals surface area contributed by atoms with Gasteiger partial charge in [-0.25, -0.2) is 4.90 Å². The monoisotopic (exact) mass is 352 g/mol. The Bertz CT molecular complexity index is 715. The molecular weight excluding hydrogens is 335 g/mol. The smallest absolute Gasteiger partial charge is 0.283 e. The lowest BCUT2D eigenvalue weighted by Crippen LogP contribution is -2.41.